The second kappa shape index (κ2) is 7.28. The predicted molar refractivity (Wildman–Crippen MR) is 109 cm³/mol. The molecule has 0 amide bonds. The molecular formula is C25H19O. The molecule has 0 atom stereocenters. The number of ether oxygens (including phenoxy) is 1. The molecule has 0 spiro atoms. The van der Waals surface area contributed by atoms with Crippen LogP contribution in [0.1, 0.15) is 0 Å². The van der Waals surface area contributed by atoms with Crippen LogP contribution in [0.4, 0.5) is 0 Å². The Hall–Kier alpha value is -3.32. The second-order valence-corrected chi connectivity index (χ2v) is 6.14. The fourth-order valence-corrected chi connectivity index (χ4v) is 3.25. The van der Waals surface area contributed by atoms with Crippen LogP contribution in [0, 0.1) is 7.11 Å². The molecule has 1 nitrogen and oxygen atoms in total. The highest BCUT2D eigenvalue weighted by molar-refractivity contribution is 5.88. The van der Waals surface area contributed by atoms with Crippen molar-refractivity contribution in [1.29, 1.82) is 0 Å². The van der Waals surface area contributed by atoms with E-state index < -0.39 is 0 Å². The predicted octanol–water partition coefficient (Wildman–Crippen LogP) is 6.86. The van der Waals surface area contributed by atoms with Crippen molar-refractivity contribution in [2.24, 2.45) is 0 Å². The van der Waals surface area contributed by atoms with Crippen molar-refractivity contribution < 1.29 is 4.74 Å². The van der Waals surface area contributed by atoms with Gasteiger partial charge in [0, 0.05) is 11.1 Å². The maximum atomic E-state index is 5.63. The SMILES string of the molecule is [CH2]Oc1c(-c2ccccc2)cc(-c2ccccc2)cc1-c1ccccc1. The van der Waals surface area contributed by atoms with Crippen molar-refractivity contribution in [3.05, 3.63) is 110 Å². The molecule has 1 radical (unpaired) electrons. The lowest BCUT2D eigenvalue weighted by atomic mass is 9.92. The normalized spacial score (nSPS) is 10.5. The van der Waals surface area contributed by atoms with E-state index in [2.05, 4.69) is 67.8 Å². The van der Waals surface area contributed by atoms with E-state index >= 15 is 0 Å². The van der Waals surface area contributed by atoms with Gasteiger partial charge in [0.2, 0.25) is 0 Å². The van der Waals surface area contributed by atoms with Crippen LogP contribution in [-0.4, -0.2) is 0 Å². The Kier molecular flexibility index (Phi) is 4.53. The van der Waals surface area contributed by atoms with E-state index in [1.807, 2.05) is 42.5 Å². The first-order valence-corrected chi connectivity index (χ1v) is 8.63. The summed E-state index contributed by atoms with van der Waals surface area (Å²) in [7, 11) is 3.73. The van der Waals surface area contributed by atoms with Gasteiger partial charge in [-0.05, 0) is 34.4 Å². The largest absolute Gasteiger partial charge is 0.489 e. The molecule has 0 aliphatic rings. The summed E-state index contributed by atoms with van der Waals surface area (Å²) in [6, 6.07) is 35.4. The summed E-state index contributed by atoms with van der Waals surface area (Å²) >= 11 is 0. The minimum Gasteiger partial charge on any atom is -0.489 e. The Labute approximate surface area is 154 Å². The minimum absolute atomic E-state index is 0.794. The molecule has 0 saturated carbocycles. The lowest BCUT2D eigenvalue weighted by Gasteiger charge is -2.17. The number of rotatable bonds is 4. The molecule has 0 aromatic heterocycles. The molecule has 0 heterocycles. The zero-order valence-corrected chi connectivity index (χ0v) is 14.4. The van der Waals surface area contributed by atoms with E-state index in [0.717, 1.165) is 33.6 Å². The van der Waals surface area contributed by atoms with Crippen molar-refractivity contribution in [2.75, 3.05) is 0 Å². The molecule has 4 rings (SSSR count). The van der Waals surface area contributed by atoms with Crippen LogP contribution in [0.25, 0.3) is 33.4 Å². The molecule has 4 aromatic carbocycles. The maximum absolute atomic E-state index is 5.63. The summed E-state index contributed by atoms with van der Waals surface area (Å²) in [5, 5.41) is 0. The van der Waals surface area contributed by atoms with Gasteiger partial charge in [0.15, 0.2) is 0 Å². The molecule has 26 heavy (non-hydrogen) atoms. The first-order valence-electron chi connectivity index (χ1n) is 8.63. The van der Waals surface area contributed by atoms with Gasteiger partial charge < -0.3 is 4.74 Å². The van der Waals surface area contributed by atoms with E-state index in [0.29, 0.717) is 0 Å². The highest BCUT2D eigenvalue weighted by Crippen LogP contribution is 2.42. The van der Waals surface area contributed by atoms with Crippen LogP contribution in [0.5, 0.6) is 5.75 Å². The van der Waals surface area contributed by atoms with Gasteiger partial charge in [0.05, 0.1) is 0 Å². The molecule has 0 bridgehead atoms. The lowest BCUT2D eigenvalue weighted by molar-refractivity contribution is 0.476. The zero-order valence-electron chi connectivity index (χ0n) is 14.4. The molecule has 0 saturated heterocycles. The van der Waals surface area contributed by atoms with Gasteiger partial charge in [-0.25, -0.2) is 0 Å². The first kappa shape index (κ1) is 16.2. The number of hydrogen-bond donors (Lipinski definition) is 0. The topological polar surface area (TPSA) is 9.23 Å². The molecule has 0 fully saturated rings. The molecule has 0 N–H and O–H groups in total. The van der Waals surface area contributed by atoms with E-state index in [1.165, 1.54) is 5.56 Å². The second-order valence-electron chi connectivity index (χ2n) is 6.14. The third-order valence-electron chi connectivity index (χ3n) is 4.51. The minimum atomic E-state index is 0.794. The summed E-state index contributed by atoms with van der Waals surface area (Å²) in [4.78, 5) is 0. The van der Waals surface area contributed by atoms with Gasteiger partial charge in [0.25, 0.3) is 0 Å². The van der Waals surface area contributed by atoms with Crippen LogP contribution in [0.3, 0.4) is 0 Å². The smallest absolute Gasteiger partial charge is 0.135 e. The molecule has 4 aromatic rings. The lowest BCUT2D eigenvalue weighted by Crippen LogP contribution is -1.92. The van der Waals surface area contributed by atoms with Crippen molar-refractivity contribution in [1.82, 2.24) is 0 Å². The monoisotopic (exact) mass is 335 g/mol. The van der Waals surface area contributed by atoms with Crippen LogP contribution >= 0.6 is 0 Å². The fraction of sp³-hybridized carbons (Fsp3) is 0. The molecule has 0 aliphatic heterocycles. The Morgan fingerprint density at radius 1 is 0.462 bits per heavy atom. The van der Waals surface area contributed by atoms with Gasteiger partial charge in [-0.2, -0.15) is 0 Å². The van der Waals surface area contributed by atoms with Crippen LogP contribution in [0.15, 0.2) is 103 Å². The summed E-state index contributed by atoms with van der Waals surface area (Å²) in [5.41, 5.74) is 6.64. The van der Waals surface area contributed by atoms with Crippen molar-refractivity contribution in [3.8, 4) is 39.1 Å². The van der Waals surface area contributed by atoms with Crippen LogP contribution in [0.2, 0.25) is 0 Å². The zero-order chi connectivity index (χ0) is 17.8. The van der Waals surface area contributed by atoms with Gasteiger partial charge >= 0.3 is 0 Å². The van der Waals surface area contributed by atoms with Crippen molar-refractivity contribution >= 4 is 0 Å². The van der Waals surface area contributed by atoms with Gasteiger partial charge in [-0.15, -0.1) is 0 Å². The maximum Gasteiger partial charge on any atom is 0.135 e. The Balaban J connectivity index is 2.01. The van der Waals surface area contributed by atoms with Crippen molar-refractivity contribution in [3.63, 3.8) is 0 Å². The van der Waals surface area contributed by atoms with Gasteiger partial charge in [0.1, 0.15) is 12.9 Å². The fourth-order valence-electron chi connectivity index (χ4n) is 3.25. The molecule has 0 unspecified atom stereocenters. The molecule has 125 valence electrons. The summed E-state index contributed by atoms with van der Waals surface area (Å²) in [5.74, 6) is 0.794. The first-order chi connectivity index (χ1) is 12.9. The van der Waals surface area contributed by atoms with Gasteiger partial charge in [-0.3, -0.25) is 0 Å². The summed E-state index contributed by atoms with van der Waals surface area (Å²) in [6.45, 7) is 0. The summed E-state index contributed by atoms with van der Waals surface area (Å²) in [6.07, 6.45) is 0. The van der Waals surface area contributed by atoms with Crippen LogP contribution in [-0.2, 0) is 0 Å². The van der Waals surface area contributed by atoms with Crippen LogP contribution < -0.4 is 4.74 Å². The number of benzene rings is 4. The number of hydrogen-bond acceptors (Lipinski definition) is 1. The third kappa shape index (κ3) is 3.12. The van der Waals surface area contributed by atoms with E-state index in [4.69, 9.17) is 4.74 Å². The van der Waals surface area contributed by atoms with E-state index in [1.54, 1.807) is 0 Å². The molecular weight excluding hydrogens is 316 g/mol. The Morgan fingerprint density at radius 2 is 0.846 bits per heavy atom. The quantitative estimate of drug-likeness (QED) is 0.396. The summed E-state index contributed by atoms with van der Waals surface area (Å²) < 4.78 is 5.63. The molecule has 0 aliphatic carbocycles. The highest BCUT2D eigenvalue weighted by Gasteiger charge is 2.15. The standard InChI is InChI=1S/C25H19O/c1-26-25-23(20-13-7-3-8-14-20)17-22(19-11-5-2-6-12-19)18-24(25)21-15-9-4-10-16-21/h2-18H,1H2. The Morgan fingerprint density at radius 3 is 1.23 bits per heavy atom. The van der Waals surface area contributed by atoms with Crippen molar-refractivity contribution in [2.45, 2.75) is 0 Å². The van der Waals surface area contributed by atoms with Gasteiger partial charge in [-0.1, -0.05) is 91.0 Å². The average Bonchev–Trinajstić information content (AvgIpc) is 2.74. The third-order valence-corrected chi connectivity index (χ3v) is 4.51. The molecule has 1 heteroatoms. The average molecular weight is 335 g/mol. The Bertz CT molecular complexity index is 929. The van der Waals surface area contributed by atoms with E-state index in [-0.39, 0.29) is 0 Å². The van der Waals surface area contributed by atoms with E-state index in [9.17, 15) is 0 Å². The highest BCUT2D eigenvalue weighted by atomic mass is 16.5.